The number of nitrogens with zero attached hydrogens (tertiary/aromatic N) is 4. The van der Waals surface area contributed by atoms with Crippen molar-refractivity contribution in [3.05, 3.63) is 47.6 Å². The second-order valence-electron chi connectivity index (χ2n) is 6.39. The van der Waals surface area contributed by atoms with Crippen molar-refractivity contribution in [2.45, 2.75) is 46.3 Å². The van der Waals surface area contributed by atoms with E-state index in [0.717, 1.165) is 32.0 Å². The Kier molecular flexibility index (Phi) is 8.08. The van der Waals surface area contributed by atoms with E-state index in [-0.39, 0.29) is 0 Å². The average molecular weight is 358 g/mol. The van der Waals surface area contributed by atoms with Crippen LogP contribution in [0.15, 0.2) is 39.8 Å². The van der Waals surface area contributed by atoms with Gasteiger partial charge in [-0.3, -0.25) is 4.90 Å². The lowest BCUT2D eigenvalue weighted by molar-refractivity contribution is 0.238. The van der Waals surface area contributed by atoms with Crippen LogP contribution in [0.1, 0.15) is 37.5 Å². The van der Waals surface area contributed by atoms with Crippen LogP contribution in [0.2, 0.25) is 0 Å². The SMILES string of the molecule is CCNC(=NCc1noc(C)n1)NCCC(C)N(C)Cc1ccccc1. The third-order valence-electron chi connectivity index (χ3n) is 4.17. The summed E-state index contributed by atoms with van der Waals surface area (Å²) < 4.78 is 4.97. The fourth-order valence-corrected chi connectivity index (χ4v) is 2.54. The van der Waals surface area contributed by atoms with Crippen molar-refractivity contribution in [3.8, 4) is 0 Å². The Balaban J connectivity index is 1.77. The first-order valence-electron chi connectivity index (χ1n) is 9.14. The van der Waals surface area contributed by atoms with Crippen molar-refractivity contribution in [1.82, 2.24) is 25.7 Å². The van der Waals surface area contributed by atoms with Crippen LogP contribution in [0.25, 0.3) is 0 Å². The lowest BCUT2D eigenvalue weighted by atomic mass is 10.1. The zero-order valence-corrected chi connectivity index (χ0v) is 16.2. The third-order valence-corrected chi connectivity index (χ3v) is 4.17. The minimum atomic E-state index is 0.399. The van der Waals surface area contributed by atoms with Gasteiger partial charge in [-0.1, -0.05) is 35.5 Å². The maximum absolute atomic E-state index is 4.97. The van der Waals surface area contributed by atoms with Crippen molar-refractivity contribution in [2.24, 2.45) is 4.99 Å². The molecule has 0 aliphatic heterocycles. The molecule has 7 nitrogen and oxygen atoms in total. The van der Waals surface area contributed by atoms with Crippen LogP contribution in [0, 0.1) is 6.92 Å². The van der Waals surface area contributed by atoms with E-state index in [1.165, 1.54) is 5.56 Å². The third kappa shape index (κ3) is 6.84. The van der Waals surface area contributed by atoms with Crippen LogP contribution in [-0.4, -0.2) is 47.2 Å². The Morgan fingerprint density at radius 3 is 2.69 bits per heavy atom. The lowest BCUT2D eigenvalue weighted by Gasteiger charge is -2.25. The predicted octanol–water partition coefficient (Wildman–Crippen LogP) is 2.34. The summed E-state index contributed by atoms with van der Waals surface area (Å²) in [5.41, 5.74) is 1.33. The summed E-state index contributed by atoms with van der Waals surface area (Å²) in [5, 5.41) is 10.5. The largest absolute Gasteiger partial charge is 0.357 e. The molecule has 1 aromatic carbocycles. The smallest absolute Gasteiger partial charge is 0.223 e. The van der Waals surface area contributed by atoms with Gasteiger partial charge in [-0.2, -0.15) is 4.98 Å². The summed E-state index contributed by atoms with van der Waals surface area (Å²) in [7, 11) is 2.16. The van der Waals surface area contributed by atoms with Crippen molar-refractivity contribution < 1.29 is 4.52 Å². The molecule has 0 bridgehead atoms. The molecule has 7 heteroatoms. The first-order chi connectivity index (χ1) is 12.6. The fourth-order valence-electron chi connectivity index (χ4n) is 2.54. The number of guanidine groups is 1. The second-order valence-corrected chi connectivity index (χ2v) is 6.39. The van der Waals surface area contributed by atoms with Gasteiger partial charge in [-0.25, -0.2) is 4.99 Å². The Hall–Kier alpha value is -2.41. The standard InChI is InChI=1S/C19H30N6O/c1-5-20-19(22-13-18-23-16(3)26-24-18)21-12-11-15(2)25(4)14-17-9-7-6-8-10-17/h6-10,15H,5,11-14H2,1-4H3,(H2,20,21,22). The number of aryl methyl sites for hydroxylation is 1. The molecule has 1 atom stereocenters. The van der Waals surface area contributed by atoms with Gasteiger partial charge in [0.05, 0.1) is 0 Å². The second kappa shape index (κ2) is 10.6. The fraction of sp³-hybridized carbons (Fsp3) is 0.526. The topological polar surface area (TPSA) is 78.6 Å². The van der Waals surface area contributed by atoms with Gasteiger partial charge in [0.25, 0.3) is 0 Å². The molecular formula is C19H30N6O. The first-order valence-corrected chi connectivity index (χ1v) is 9.14. The van der Waals surface area contributed by atoms with Crippen LogP contribution < -0.4 is 10.6 Å². The zero-order chi connectivity index (χ0) is 18.8. The van der Waals surface area contributed by atoms with Gasteiger partial charge in [0.1, 0.15) is 6.54 Å². The number of rotatable bonds is 9. The van der Waals surface area contributed by atoms with Gasteiger partial charge in [0.2, 0.25) is 5.89 Å². The highest BCUT2D eigenvalue weighted by atomic mass is 16.5. The molecule has 2 N–H and O–H groups in total. The number of nitrogens with one attached hydrogen (secondary N) is 2. The normalized spacial score (nSPS) is 13.0. The number of benzene rings is 1. The lowest BCUT2D eigenvalue weighted by Crippen LogP contribution is -2.40. The van der Waals surface area contributed by atoms with E-state index < -0.39 is 0 Å². The van der Waals surface area contributed by atoms with Crippen LogP contribution in [0.5, 0.6) is 0 Å². The van der Waals surface area contributed by atoms with Gasteiger partial charge < -0.3 is 15.2 Å². The first kappa shape index (κ1) is 19.9. The summed E-state index contributed by atoms with van der Waals surface area (Å²) in [6.07, 6.45) is 1.02. The number of hydrogen-bond acceptors (Lipinski definition) is 5. The Labute approximate surface area is 155 Å². The molecular weight excluding hydrogens is 328 g/mol. The summed E-state index contributed by atoms with van der Waals surface area (Å²) >= 11 is 0. The number of aliphatic imine (C=N–C) groups is 1. The highest BCUT2D eigenvalue weighted by Crippen LogP contribution is 2.07. The predicted molar refractivity (Wildman–Crippen MR) is 104 cm³/mol. The summed E-state index contributed by atoms with van der Waals surface area (Å²) in [6.45, 7) is 9.07. The van der Waals surface area contributed by atoms with E-state index in [1.54, 1.807) is 6.92 Å². The minimum absolute atomic E-state index is 0.399. The van der Waals surface area contributed by atoms with E-state index in [1.807, 2.05) is 13.0 Å². The summed E-state index contributed by atoms with van der Waals surface area (Å²) in [4.78, 5) is 11.0. The van der Waals surface area contributed by atoms with Gasteiger partial charge in [0.15, 0.2) is 11.8 Å². The molecule has 1 heterocycles. The van der Waals surface area contributed by atoms with Gasteiger partial charge in [-0.05, 0) is 32.9 Å². The molecule has 0 saturated heterocycles. The van der Waals surface area contributed by atoms with Crippen molar-refractivity contribution >= 4 is 5.96 Å². The molecule has 2 aromatic rings. The summed E-state index contributed by atoms with van der Waals surface area (Å²) in [6, 6.07) is 11.0. The van der Waals surface area contributed by atoms with Crippen LogP contribution in [0.4, 0.5) is 0 Å². The van der Waals surface area contributed by atoms with Gasteiger partial charge >= 0.3 is 0 Å². The quantitative estimate of drug-likeness (QED) is 0.529. The minimum Gasteiger partial charge on any atom is -0.357 e. The Morgan fingerprint density at radius 1 is 1.27 bits per heavy atom. The molecule has 0 aliphatic carbocycles. The van der Waals surface area contributed by atoms with E-state index in [0.29, 0.717) is 24.3 Å². The van der Waals surface area contributed by atoms with Crippen LogP contribution in [-0.2, 0) is 13.1 Å². The number of hydrogen-bond donors (Lipinski definition) is 2. The molecule has 2 rings (SSSR count). The average Bonchev–Trinajstić information content (AvgIpc) is 3.05. The van der Waals surface area contributed by atoms with E-state index in [9.17, 15) is 0 Å². The Bertz CT molecular complexity index is 670. The monoisotopic (exact) mass is 358 g/mol. The van der Waals surface area contributed by atoms with Gasteiger partial charge in [-0.15, -0.1) is 0 Å². The molecule has 0 fully saturated rings. The number of aromatic nitrogens is 2. The van der Waals surface area contributed by atoms with Gasteiger partial charge in [0, 0.05) is 32.6 Å². The zero-order valence-electron chi connectivity index (χ0n) is 16.2. The maximum Gasteiger partial charge on any atom is 0.223 e. The van der Waals surface area contributed by atoms with Crippen molar-refractivity contribution in [1.29, 1.82) is 0 Å². The van der Waals surface area contributed by atoms with E-state index in [4.69, 9.17) is 4.52 Å². The molecule has 0 spiro atoms. The molecule has 26 heavy (non-hydrogen) atoms. The Morgan fingerprint density at radius 2 is 2.04 bits per heavy atom. The molecule has 1 aromatic heterocycles. The molecule has 0 amide bonds. The maximum atomic E-state index is 4.97. The van der Waals surface area contributed by atoms with Crippen molar-refractivity contribution in [3.63, 3.8) is 0 Å². The molecule has 142 valence electrons. The van der Waals surface area contributed by atoms with E-state index in [2.05, 4.69) is 68.9 Å². The van der Waals surface area contributed by atoms with Crippen LogP contribution >= 0.6 is 0 Å². The molecule has 0 aliphatic rings. The molecule has 0 saturated carbocycles. The molecule has 1 unspecified atom stereocenters. The van der Waals surface area contributed by atoms with Crippen LogP contribution in [0.3, 0.4) is 0 Å². The highest BCUT2D eigenvalue weighted by molar-refractivity contribution is 5.79. The van der Waals surface area contributed by atoms with E-state index >= 15 is 0 Å². The summed E-state index contributed by atoms with van der Waals surface area (Å²) in [5.74, 6) is 1.92. The molecule has 0 radical (unpaired) electrons. The highest BCUT2D eigenvalue weighted by Gasteiger charge is 2.10. The van der Waals surface area contributed by atoms with Crippen molar-refractivity contribution in [2.75, 3.05) is 20.1 Å².